The highest BCUT2D eigenvalue weighted by Gasteiger charge is 2.34. The summed E-state index contributed by atoms with van der Waals surface area (Å²) < 4.78 is 44.2. The van der Waals surface area contributed by atoms with Crippen LogP contribution < -0.4 is 10.6 Å². The lowest BCUT2D eigenvalue weighted by molar-refractivity contribution is -0.137. The second kappa shape index (κ2) is 8.56. The molecule has 0 aliphatic heterocycles. The highest BCUT2D eigenvalue weighted by molar-refractivity contribution is 5.99. The van der Waals surface area contributed by atoms with E-state index in [9.17, 15) is 27.6 Å². The molecule has 1 saturated carbocycles. The van der Waals surface area contributed by atoms with Crippen molar-refractivity contribution in [1.29, 1.82) is 0 Å². The van der Waals surface area contributed by atoms with Crippen molar-refractivity contribution in [2.24, 2.45) is 5.92 Å². The molecular formula is C21H19F3N2O4. The summed E-state index contributed by atoms with van der Waals surface area (Å²) in [6.45, 7) is 1.25. The number of alkyl halides is 3. The number of hydrogen-bond donors (Lipinski definition) is 2. The predicted octanol–water partition coefficient (Wildman–Crippen LogP) is 4.24. The lowest BCUT2D eigenvalue weighted by Gasteiger charge is -2.17. The Morgan fingerprint density at radius 1 is 1.03 bits per heavy atom. The Bertz CT molecular complexity index is 971. The first-order valence-electron chi connectivity index (χ1n) is 9.24. The van der Waals surface area contributed by atoms with Crippen molar-refractivity contribution in [3.05, 3.63) is 59.7 Å². The number of carbonyl (C=O) groups excluding carboxylic acids is 3. The molecule has 0 bridgehead atoms. The molecule has 1 aliphatic rings. The normalized spacial score (nSPS) is 14.5. The van der Waals surface area contributed by atoms with Crippen LogP contribution >= 0.6 is 0 Å². The number of halogens is 3. The van der Waals surface area contributed by atoms with E-state index in [1.807, 2.05) is 0 Å². The summed E-state index contributed by atoms with van der Waals surface area (Å²) in [6.07, 6.45) is -4.33. The minimum Gasteiger partial charge on any atom is -0.449 e. The molecule has 3 rings (SSSR count). The molecule has 0 saturated heterocycles. The summed E-state index contributed by atoms with van der Waals surface area (Å²) in [6, 6.07) is 10.5. The molecule has 1 unspecified atom stereocenters. The Morgan fingerprint density at radius 3 is 2.40 bits per heavy atom. The zero-order valence-electron chi connectivity index (χ0n) is 16.0. The van der Waals surface area contributed by atoms with Gasteiger partial charge in [0.25, 0.3) is 5.91 Å². The van der Waals surface area contributed by atoms with E-state index < -0.39 is 35.4 Å². The summed E-state index contributed by atoms with van der Waals surface area (Å²) in [4.78, 5) is 36.4. The van der Waals surface area contributed by atoms with Gasteiger partial charge in [0.1, 0.15) is 0 Å². The number of anilines is 2. The Morgan fingerprint density at radius 2 is 1.73 bits per heavy atom. The highest BCUT2D eigenvalue weighted by Crippen LogP contribution is 2.34. The van der Waals surface area contributed by atoms with Crippen LogP contribution in [0.1, 0.15) is 35.7 Å². The number of ether oxygens (including phenoxy) is 1. The Hall–Kier alpha value is -3.36. The monoisotopic (exact) mass is 420 g/mol. The molecule has 0 heterocycles. The number of amides is 2. The number of para-hydroxylation sites is 1. The van der Waals surface area contributed by atoms with Crippen LogP contribution in [0.3, 0.4) is 0 Å². The average Bonchev–Trinajstić information content (AvgIpc) is 3.53. The van der Waals surface area contributed by atoms with Crippen LogP contribution in [0.2, 0.25) is 0 Å². The minimum atomic E-state index is -4.64. The zero-order valence-corrected chi connectivity index (χ0v) is 16.0. The van der Waals surface area contributed by atoms with Crippen molar-refractivity contribution in [3.63, 3.8) is 0 Å². The first-order valence-corrected chi connectivity index (χ1v) is 9.24. The third-order valence-electron chi connectivity index (χ3n) is 4.46. The van der Waals surface area contributed by atoms with E-state index in [-0.39, 0.29) is 17.4 Å². The highest BCUT2D eigenvalue weighted by atomic mass is 19.4. The summed E-state index contributed by atoms with van der Waals surface area (Å²) >= 11 is 0. The quantitative estimate of drug-likeness (QED) is 0.685. The van der Waals surface area contributed by atoms with Crippen LogP contribution in [-0.4, -0.2) is 23.9 Å². The number of esters is 1. The van der Waals surface area contributed by atoms with Crippen molar-refractivity contribution in [3.8, 4) is 0 Å². The molecule has 9 heteroatoms. The van der Waals surface area contributed by atoms with Crippen LogP contribution in [0, 0.1) is 5.92 Å². The number of rotatable bonds is 6. The zero-order chi connectivity index (χ0) is 21.9. The maximum absolute atomic E-state index is 13.0. The third kappa shape index (κ3) is 5.37. The average molecular weight is 420 g/mol. The largest absolute Gasteiger partial charge is 0.449 e. The van der Waals surface area contributed by atoms with E-state index in [4.69, 9.17) is 4.74 Å². The summed E-state index contributed by atoms with van der Waals surface area (Å²) in [5.74, 6) is -1.89. The molecule has 2 aromatic rings. The maximum atomic E-state index is 13.0. The molecule has 2 aromatic carbocycles. The maximum Gasteiger partial charge on any atom is 0.418 e. The van der Waals surface area contributed by atoms with E-state index in [1.54, 1.807) is 12.1 Å². The molecule has 2 amide bonds. The Balaban J connectivity index is 1.63. The molecule has 0 spiro atoms. The molecule has 1 fully saturated rings. The van der Waals surface area contributed by atoms with Gasteiger partial charge in [0.2, 0.25) is 5.91 Å². The van der Waals surface area contributed by atoms with Gasteiger partial charge in [0, 0.05) is 11.6 Å². The third-order valence-corrected chi connectivity index (χ3v) is 4.46. The molecule has 1 aliphatic carbocycles. The second-order valence-corrected chi connectivity index (χ2v) is 6.92. The minimum absolute atomic E-state index is 0.0103. The number of carbonyl (C=O) groups is 3. The van der Waals surface area contributed by atoms with E-state index >= 15 is 0 Å². The van der Waals surface area contributed by atoms with Crippen LogP contribution in [0.25, 0.3) is 0 Å². The molecular weight excluding hydrogens is 401 g/mol. The molecule has 0 radical (unpaired) electrons. The fourth-order valence-electron chi connectivity index (χ4n) is 2.67. The molecule has 30 heavy (non-hydrogen) atoms. The van der Waals surface area contributed by atoms with Gasteiger partial charge in [-0.1, -0.05) is 18.2 Å². The number of nitrogens with one attached hydrogen (secondary N) is 2. The van der Waals surface area contributed by atoms with E-state index in [2.05, 4.69) is 10.6 Å². The fourth-order valence-corrected chi connectivity index (χ4v) is 2.67. The summed E-state index contributed by atoms with van der Waals surface area (Å²) in [5.41, 5.74) is -0.921. The van der Waals surface area contributed by atoms with E-state index in [0.717, 1.165) is 25.0 Å². The topological polar surface area (TPSA) is 84.5 Å². The van der Waals surface area contributed by atoms with Gasteiger partial charge >= 0.3 is 12.1 Å². The first-order chi connectivity index (χ1) is 14.1. The fraction of sp³-hybridized carbons (Fsp3) is 0.286. The van der Waals surface area contributed by atoms with Gasteiger partial charge in [-0.2, -0.15) is 13.2 Å². The molecule has 0 aromatic heterocycles. The van der Waals surface area contributed by atoms with Gasteiger partial charge in [0.05, 0.1) is 16.8 Å². The first kappa shape index (κ1) is 21.4. The lowest BCUT2D eigenvalue weighted by Crippen LogP contribution is -2.30. The Kier molecular flexibility index (Phi) is 6.09. The smallest absolute Gasteiger partial charge is 0.418 e. The van der Waals surface area contributed by atoms with Crippen molar-refractivity contribution < 1.29 is 32.3 Å². The van der Waals surface area contributed by atoms with Crippen molar-refractivity contribution in [2.45, 2.75) is 32.0 Å². The van der Waals surface area contributed by atoms with Crippen LogP contribution in [0.5, 0.6) is 0 Å². The molecule has 6 nitrogen and oxygen atoms in total. The van der Waals surface area contributed by atoms with Crippen molar-refractivity contribution in [1.82, 2.24) is 0 Å². The number of hydrogen-bond acceptors (Lipinski definition) is 4. The van der Waals surface area contributed by atoms with Crippen LogP contribution in [0.4, 0.5) is 24.5 Å². The van der Waals surface area contributed by atoms with E-state index in [1.165, 1.54) is 31.2 Å². The van der Waals surface area contributed by atoms with E-state index in [0.29, 0.717) is 5.69 Å². The van der Waals surface area contributed by atoms with Crippen LogP contribution in [0.15, 0.2) is 48.5 Å². The van der Waals surface area contributed by atoms with Crippen LogP contribution in [-0.2, 0) is 20.5 Å². The second-order valence-electron chi connectivity index (χ2n) is 6.92. The van der Waals surface area contributed by atoms with Gasteiger partial charge < -0.3 is 15.4 Å². The molecule has 158 valence electrons. The lowest BCUT2D eigenvalue weighted by atomic mass is 10.1. The van der Waals surface area contributed by atoms with Gasteiger partial charge in [-0.3, -0.25) is 9.59 Å². The standard InChI is InChI=1S/C21H19F3N2O4/c1-12(18(27)26-17-8-3-2-7-16(17)21(22,23)24)30-20(29)14-5-4-6-15(11-14)25-19(28)13-9-10-13/h2-8,11-13H,9-10H2,1H3,(H,25,28)(H,26,27). The Labute approximate surface area is 170 Å². The predicted molar refractivity (Wildman–Crippen MR) is 103 cm³/mol. The molecule has 1 atom stereocenters. The van der Waals surface area contributed by atoms with Gasteiger partial charge in [-0.05, 0) is 50.1 Å². The van der Waals surface area contributed by atoms with Gasteiger partial charge in [-0.25, -0.2) is 4.79 Å². The molecule has 2 N–H and O–H groups in total. The number of benzene rings is 2. The summed E-state index contributed by atoms with van der Waals surface area (Å²) in [5, 5.41) is 4.83. The van der Waals surface area contributed by atoms with Gasteiger partial charge in [0.15, 0.2) is 6.10 Å². The van der Waals surface area contributed by atoms with Crippen molar-refractivity contribution >= 4 is 29.2 Å². The SMILES string of the molecule is CC(OC(=O)c1cccc(NC(=O)C2CC2)c1)C(=O)Nc1ccccc1C(F)(F)F. The van der Waals surface area contributed by atoms with Gasteiger partial charge in [-0.15, -0.1) is 0 Å². The van der Waals surface area contributed by atoms with Crippen molar-refractivity contribution in [2.75, 3.05) is 10.6 Å². The summed E-state index contributed by atoms with van der Waals surface area (Å²) in [7, 11) is 0.